The molecule has 1 aliphatic heterocycles. The third-order valence-electron chi connectivity index (χ3n) is 3.95. The summed E-state index contributed by atoms with van der Waals surface area (Å²) in [6.07, 6.45) is 6.96. The number of amides is 2. The van der Waals surface area contributed by atoms with Gasteiger partial charge in [0.25, 0.3) is 5.91 Å². The van der Waals surface area contributed by atoms with Gasteiger partial charge < -0.3 is 10.2 Å². The molecule has 1 saturated heterocycles. The number of carbonyl (C=O) groups is 2. The number of likely N-dealkylation sites (tertiary alicyclic amines) is 1. The number of nitrogens with one attached hydrogen (secondary N) is 1. The van der Waals surface area contributed by atoms with E-state index in [0.29, 0.717) is 23.8 Å². The fraction of sp³-hybridized carbons (Fsp3) is 0.562. The van der Waals surface area contributed by atoms with Gasteiger partial charge in [-0.15, -0.1) is 18.3 Å². The molecule has 23 heavy (non-hydrogen) atoms. The molecule has 0 bridgehead atoms. The molecule has 1 aliphatic rings. The molecule has 0 aliphatic carbocycles. The molecule has 7 heteroatoms. The van der Waals surface area contributed by atoms with E-state index in [4.69, 9.17) is 0 Å². The van der Waals surface area contributed by atoms with Gasteiger partial charge in [0.1, 0.15) is 0 Å². The largest absolute Gasteiger partial charge is 0.352 e. The van der Waals surface area contributed by atoms with Gasteiger partial charge in [-0.3, -0.25) is 14.3 Å². The van der Waals surface area contributed by atoms with Gasteiger partial charge in [-0.05, 0) is 18.8 Å². The topological polar surface area (TPSA) is 67.2 Å². The molecule has 2 rings (SSSR count). The molecule has 1 fully saturated rings. The quantitative estimate of drug-likeness (QED) is 0.602. The molecule has 0 radical (unpaired) electrons. The summed E-state index contributed by atoms with van der Waals surface area (Å²) in [7, 11) is 1.79. The van der Waals surface area contributed by atoms with Gasteiger partial charge in [0, 0.05) is 38.6 Å². The van der Waals surface area contributed by atoms with E-state index in [-0.39, 0.29) is 11.8 Å². The number of piperidine rings is 1. The zero-order chi connectivity index (χ0) is 16.7. The Morgan fingerprint density at radius 1 is 1.48 bits per heavy atom. The summed E-state index contributed by atoms with van der Waals surface area (Å²) in [5, 5.41) is 6.95. The van der Waals surface area contributed by atoms with Crippen LogP contribution in [0.15, 0.2) is 25.0 Å². The number of aryl methyl sites for hydroxylation is 1. The SMILES string of the molecule is C=CCSCC(=O)N1CCC(CNC(=O)c2cnn(C)c2)CC1. The number of rotatable bonds is 7. The molecule has 1 aromatic rings. The normalized spacial score (nSPS) is 15.4. The molecule has 1 N–H and O–H groups in total. The fourth-order valence-corrected chi connectivity index (χ4v) is 3.23. The Morgan fingerprint density at radius 2 is 2.22 bits per heavy atom. The first kappa shape index (κ1) is 17.6. The first-order valence-corrected chi connectivity index (χ1v) is 8.99. The van der Waals surface area contributed by atoms with Crippen molar-refractivity contribution in [2.45, 2.75) is 12.8 Å². The van der Waals surface area contributed by atoms with Crippen molar-refractivity contribution in [3.05, 3.63) is 30.6 Å². The monoisotopic (exact) mass is 336 g/mol. The summed E-state index contributed by atoms with van der Waals surface area (Å²) < 4.78 is 1.61. The van der Waals surface area contributed by atoms with E-state index < -0.39 is 0 Å². The molecule has 1 aromatic heterocycles. The van der Waals surface area contributed by atoms with E-state index in [2.05, 4.69) is 17.0 Å². The van der Waals surface area contributed by atoms with Crippen molar-refractivity contribution >= 4 is 23.6 Å². The van der Waals surface area contributed by atoms with Crippen LogP contribution in [0.1, 0.15) is 23.2 Å². The summed E-state index contributed by atoms with van der Waals surface area (Å²) in [5.74, 6) is 1.88. The molecule has 2 amide bonds. The fourth-order valence-electron chi connectivity index (χ4n) is 2.58. The second kappa shape index (κ2) is 8.76. The molecular formula is C16H24N4O2S. The summed E-state index contributed by atoms with van der Waals surface area (Å²) in [6.45, 7) is 5.86. The molecule has 0 spiro atoms. The van der Waals surface area contributed by atoms with E-state index in [9.17, 15) is 9.59 Å². The van der Waals surface area contributed by atoms with Crippen LogP contribution < -0.4 is 5.32 Å². The van der Waals surface area contributed by atoms with Crippen LogP contribution in [-0.2, 0) is 11.8 Å². The van der Waals surface area contributed by atoms with E-state index in [1.807, 2.05) is 11.0 Å². The van der Waals surface area contributed by atoms with Gasteiger partial charge in [0.2, 0.25) is 5.91 Å². The lowest BCUT2D eigenvalue weighted by Crippen LogP contribution is -2.42. The van der Waals surface area contributed by atoms with Gasteiger partial charge >= 0.3 is 0 Å². The second-order valence-electron chi connectivity index (χ2n) is 5.74. The molecule has 0 atom stereocenters. The molecule has 0 unspecified atom stereocenters. The highest BCUT2D eigenvalue weighted by Crippen LogP contribution is 2.17. The van der Waals surface area contributed by atoms with Crippen molar-refractivity contribution in [3.8, 4) is 0 Å². The third-order valence-corrected chi connectivity index (χ3v) is 4.87. The number of aromatic nitrogens is 2. The third kappa shape index (κ3) is 5.42. The minimum absolute atomic E-state index is 0.0857. The highest BCUT2D eigenvalue weighted by Gasteiger charge is 2.23. The molecule has 0 aromatic carbocycles. The highest BCUT2D eigenvalue weighted by molar-refractivity contribution is 8.00. The van der Waals surface area contributed by atoms with E-state index >= 15 is 0 Å². The van der Waals surface area contributed by atoms with Crippen molar-refractivity contribution in [2.75, 3.05) is 31.1 Å². The van der Waals surface area contributed by atoms with Crippen LogP contribution in [0, 0.1) is 5.92 Å². The van der Waals surface area contributed by atoms with Crippen molar-refractivity contribution in [1.82, 2.24) is 20.0 Å². The average molecular weight is 336 g/mol. The van der Waals surface area contributed by atoms with Crippen LogP contribution in [0.2, 0.25) is 0 Å². The first-order chi connectivity index (χ1) is 11.1. The van der Waals surface area contributed by atoms with Crippen LogP contribution >= 0.6 is 11.8 Å². The lowest BCUT2D eigenvalue weighted by atomic mass is 9.96. The second-order valence-corrected chi connectivity index (χ2v) is 6.77. The van der Waals surface area contributed by atoms with Gasteiger partial charge in [-0.25, -0.2) is 0 Å². The van der Waals surface area contributed by atoms with Gasteiger partial charge in [-0.1, -0.05) is 6.08 Å². The zero-order valence-electron chi connectivity index (χ0n) is 13.5. The van der Waals surface area contributed by atoms with Crippen molar-refractivity contribution < 1.29 is 9.59 Å². The van der Waals surface area contributed by atoms with E-state index in [0.717, 1.165) is 31.7 Å². The lowest BCUT2D eigenvalue weighted by molar-refractivity contribution is -0.129. The Labute approximate surface area is 141 Å². The van der Waals surface area contributed by atoms with Gasteiger partial charge in [0.15, 0.2) is 0 Å². The number of nitrogens with zero attached hydrogens (tertiary/aromatic N) is 3. The summed E-state index contributed by atoms with van der Waals surface area (Å²) in [4.78, 5) is 25.9. The van der Waals surface area contributed by atoms with Crippen LogP contribution in [0.4, 0.5) is 0 Å². The maximum Gasteiger partial charge on any atom is 0.254 e. The highest BCUT2D eigenvalue weighted by atomic mass is 32.2. The van der Waals surface area contributed by atoms with Crippen LogP contribution in [0.3, 0.4) is 0 Å². The Hall–Kier alpha value is -1.76. The maximum atomic E-state index is 12.0. The van der Waals surface area contributed by atoms with E-state index in [1.54, 1.807) is 35.9 Å². The molecule has 126 valence electrons. The smallest absolute Gasteiger partial charge is 0.254 e. The van der Waals surface area contributed by atoms with Gasteiger partial charge in [-0.2, -0.15) is 5.10 Å². The Kier molecular flexibility index (Phi) is 6.70. The van der Waals surface area contributed by atoms with Crippen LogP contribution in [0.5, 0.6) is 0 Å². The Morgan fingerprint density at radius 3 is 2.83 bits per heavy atom. The van der Waals surface area contributed by atoms with Crippen LogP contribution in [-0.4, -0.2) is 57.6 Å². The Bertz CT molecular complexity index is 550. The van der Waals surface area contributed by atoms with Crippen LogP contribution in [0.25, 0.3) is 0 Å². The minimum Gasteiger partial charge on any atom is -0.352 e. The summed E-state index contributed by atoms with van der Waals surface area (Å²) >= 11 is 1.60. The van der Waals surface area contributed by atoms with Crippen molar-refractivity contribution in [2.24, 2.45) is 13.0 Å². The number of hydrogen-bond donors (Lipinski definition) is 1. The zero-order valence-corrected chi connectivity index (χ0v) is 14.3. The number of thioether (sulfide) groups is 1. The number of carbonyl (C=O) groups excluding carboxylic acids is 2. The molecule has 0 saturated carbocycles. The lowest BCUT2D eigenvalue weighted by Gasteiger charge is -2.32. The molecule has 6 nitrogen and oxygen atoms in total. The first-order valence-electron chi connectivity index (χ1n) is 7.83. The standard InChI is InChI=1S/C16H24N4O2S/c1-3-8-23-12-15(21)20-6-4-13(5-7-20)9-17-16(22)14-10-18-19(2)11-14/h3,10-11,13H,1,4-9,12H2,2H3,(H,17,22). The maximum absolute atomic E-state index is 12.0. The molecule has 2 heterocycles. The minimum atomic E-state index is -0.0857. The van der Waals surface area contributed by atoms with Crippen molar-refractivity contribution in [1.29, 1.82) is 0 Å². The summed E-state index contributed by atoms with van der Waals surface area (Å²) in [5.41, 5.74) is 0.583. The van der Waals surface area contributed by atoms with Crippen molar-refractivity contribution in [3.63, 3.8) is 0 Å². The summed E-state index contributed by atoms with van der Waals surface area (Å²) in [6, 6.07) is 0. The van der Waals surface area contributed by atoms with E-state index in [1.165, 1.54) is 0 Å². The number of hydrogen-bond acceptors (Lipinski definition) is 4. The average Bonchev–Trinajstić information content (AvgIpc) is 3.00. The van der Waals surface area contributed by atoms with Gasteiger partial charge in [0.05, 0.1) is 17.5 Å². The predicted octanol–water partition coefficient (Wildman–Crippen LogP) is 1.31. The predicted molar refractivity (Wildman–Crippen MR) is 92.4 cm³/mol. The molecular weight excluding hydrogens is 312 g/mol. The Balaban J connectivity index is 1.67.